The van der Waals surface area contributed by atoms with Crippen molar-refractivity contribution in [1.29, 1.82) is 0 Å². The Hall–Kier alpha value is -1.04. The van der Waals surface area contributed by atoms with E-state index in [0.717, 1.165) is 6.41 Å². The van der Waals surface area contributed by atoms with Crippen molar-refractivity contribution < 1.29 is 4.79 Å². The van der Waals surface area contributed by atoms with Crippen LogP contribution in [0.15, 0.2) is 12.4 Å². The van der Waals surface area contributed by atoms with Crippen molar-refractivity contribution in [3.05, 3.63) is 12.4 Å². The number of aromatic nitrogens is 3. The zero-order valence-electron chi connectivity index (χ0n) is 10.3. The summed E-state index contributed by atoms with van der Waals surface area (Å²) in [5, 5.41) is 7.85. The Balaban J connectivity index is 3.34. The second-order valence-electron chi connectivity index (χ2n) is 3.73. The summed E-state index contributed by atoms with van der Waals surface area (Å²) >= 11 is 0. The summed E-state index contributed by atoms with van der Waals surface area (Å²) in [6.07, 6.45) is 4.20. The lowest BCUT2D eigenvalue weighted by Gasteiger charge is -2.37. The van der Waals surface area contributed by atoms with Gasteiger partial charge in [0.2, 0.25) is 6.41 Å². The fourth-order valence-corrected chi connectivity index (χ4v) is 5.23. The highest BCUT2D eigenvalue weighted by Crippen LogP contribution is 2.63. The van der Waals surface area contributed by atoms with E-state index in [0.29, 0.717) is 0 Å². The van der Waals surface area contributed by atoms with Gasteiger partial charge in [0.15, 0.2) is 0 Å². The predicted molar refractivity (Wildman–Crippen MR) is 63.5 cm³/mol. The van der Waals surface area contributed by atoms with Crippen molar-refractivity contribution in [2.75, 3.05) is 35.2 Å². The molecule has 1 rings (SSSR count). The molecule has 1 heterocycles. The van der Waals surface area contributed by atoms with Gasteiger partial charge in [-0.2, -0.15) is 4.67 Å². The van der Waals surface area contributed by atoms with E-state index >= 15 is 0 Å². The van der Waals surface area contributed by atoms with Gasteiger partial charge in [-0.1, -0.05) is 4.45 Å². The van der Waals surface area contributed by atoms with Crippen LogP contribution in [0.2, 0.25) is 0 Å². The van der Waals surface area contributed by atoms with E-state index in [4.69, 9.17) is 0 Å². The Bertz CT molecular complexity index is 330. The summed E-state index contributed by atoms with van der Waals surface area (Å²) in [5.74, 6) is 0. The number of amides is 1. The lowest BCUT2D eigenvalue weighted by Crippen LogP contribution is -2.41. The van der Waals surface area contributed by atoms with Crippen molar-refractivity contribution >= 4 is 14.3 Å². The Morgan fingerprint density at radius 3 is 2.06 bits per heavy atom. The molecule has 0 aliphatic rings. The minimum absolute atomic E-state index is 0.815. The van der Waals surface area contributed by atoms with Crippen molar-refractivity contribution in [3.8, 4) is 0 Å². The molecule has 1 amide bonds. The van der Waals surface area contributed by atoms with Crippen LogP contribution in [0.4, 0.5) is 0 Å². The third-order valence-electron chi connectivity index (χ3n) is 2.33. The van der Waals surface area contributed by atoms with E-state index in [9.17, 15) is 4.79 Å². The lowest BCUT2D eigenvalue weighted by molar-refractivity contribution is -0.113. The SMILES string of the molecule is CN(C)[P+](N(C)C)(N(C)C=O)n1ccnn1. The van der Waals surface area contributed by atoms with Gasteiger partial charge in [0, 0.05) is 28.2 Å². The maximum absolute atomic E-state index is 11.1. The largest absolute Gasteiger partial charge is 0.379 e. The number of carbonyl (C=O) groups is 1. The summed E-state index contributed by atoms with van der Waals surface area (Å²) in [6.45, 7) is 0. The molecule has 0 spiro atoms. The van der Waals surface area contributed by atoms with Gasteiger partial charge in [-0.05, 0) is 5.21 Å². The zero-order valence-corrected chi connectivity index (χ0v) is 11.2. The minimum atomic E-state index is -2.16. The Morgan fingerprint density at radius 2 is 1.75 bits per heavy atom. The fraction of sp³-hybridized carbons (Fsp3) is 0.625. The molecule has 0 saturated heterocycles. The maximum atomic E-state index is 11.1. The third kappa shape index (κ3) is 1.81. The number of hydrogen-bond donors (Lipinski definition) is 0. The van der Waals surface area contributed by atoms with Crippen molar-refractivity contribution in [1.82, 2.24) is 28.8 Å². The molecule has 1 aromatic heterocycles. The summed E-state index contributed by atoms with van der Waals surface area (Å²) in [4.78, 5) is 11.1. The van der Waals surface area contributed by atoms with Crippen LogP contribution in [0.25, 0.3) is 0 Å². The van der Waals surface area contributed by atoms with E-state index in [1.54, 1.807) is 28.6 Å². The van der Waals surface area contributed by atoms with Gasteiger partial charge in [-0.15, -0.1) is 14.4 Å². The molecule has 0 bridgehead atoms. The van der Waals surface area contributed by atoms with Gasteiger partial charge < -0.3 is 0 Å². The monoisotopic (exact) mass is 245 g/mol. The van der Waals surface area contributed by atoms with E-state index in [-0.39, 0.29) is 0 Å². The fourth-order valence-electron chi connectivity index (χ4n) is 1.84. The first-order valence-corrected chi connectivity index (χ1v) is 6.38. The predicted octanol–water partition coefficient (Wildman–Crippen LogP) is 0.0152. The van der Waals surface area contributed by atoms with Crippen molar-refractivity contribution in [3.63, 3.8) is 0 Å². The molecule has 0 unspecified atom stereocenters. The standard InChI is InChI=1S/C8H18N6OP/c1-11(2)16(12(3)4,13(5)8-15)14-7-6-9-10-14/h6-8H,1-5H3/q+1. The van der Waals surface area contributed by atoms with E-state index in [1.165, 1.54) is 0 Å². The molecular formula is C8H18N6OP+. The van der Waals surface area contributed by atoms with Crippen LogP contribution in [0.5, 0.6) is 0 Å². The van der Waals surface area contributed by atoms with Gasteiger partial charge in [0.25, 0.3) is 0 Å². The molecule has 0 aliphatic carbocycles. The first-order chi connectivity index (χ1) is 7.47. The molecule has 0 aliphatic heterocycles. The topological polar surface area (TPSA) is 57.5 Å². The summed E-state index contributed by atoms with van der Waals surface area (Å²) < 4.78 is 7.37. The van der Waals surface area contributed by atoms with Crippen molar-refractivity contribution in [2.45, 2.75) is 0 Å². The first-order valence-electron chi connectivity index (χ1n) is 4.78. The smallest absolute Gasteiger partial charge is 0.275 e. The molecule has 8 heteroatoms. The van der Waals surface area contributed by atoms with E-state index in [1.807, 2.05) is 37.5 Å². The molecule has 0 N–H and O–H groups in total. The molecule has 16 heavy (non-hydrogen) atoms. The Labute approximate surface area is 96.2 Å². The maximum Gasteiger partial charge on any atom is 0.379 e. The van der Waals surface area contributed by atoms with E-state index in [2.05, 4.69) is 10.3 Å². The van der Waals surface area contributed by atoms with Crippen LogP contribution in [0.3, 0.4) is 0 Å². The first kappa shape index (κ1) is 13.0. The second kappa shape index (κ2) is 4.86. The summed E-state index contributed by atoms with van der Waals surface area (Å²) in [5.41, 5.74) is 0. The van der Waals surface area contributed by atoms with Crippen LogP contribution >= 0.6 is 7.87 Å². The molecule has 0 atom stereocenters. The highest BCUT2D eigenvalue weighted by atomic mass is 31.2. The average Bonchev–Trinajstić information content (AvgIpc) is 2.71. The summed E-state index contributed by atoms with van der Waals surface area (Å²) in [6, 6.07) is 0. The molecule has 1 aromatic rings. The number of carbonyl (C=O) groups excluding carboxylic acids is 1. The minimum Gasteiger partial charge on any atom is -0.275 e. The molecule has 0 fully saturated rings. The highest BCUT2D eigenvalue weighted by molar-refractivity contribution is 7.67. The number of hydrogen-bond acceptors (Lipinski definition) is 5. The Morgan fingerprint density at radius 1 is 1.19 bits per heavy atom. The van der Waals surface area contributed by atoms with Gasteiger partial charge in [-0.3, -0.25) is 4.79 Å². The van der Waals surface area contributed by atoms with Crippen LogP contribution < -0.4 is 0 Å². The van der Waals surface area contributed by atoms with Gasteiger partial charge in [0.05, 0.1) is 19.4 Å². The van der Waals surface area contributed by atoms with Crippen LogP contribution in [0, 0.1) is 0 Å². The van der Waals surface area contributed by atoms with Crippen LogP contribution in [-0.4, -0.2) is 70.4 Å². The normalized spacial score (nSPS) is 12.2. The Kier molecular flexibility index (Phi) is 3.96. The van der Waals surface area contributed by atoms with Crippen molar-refractivity contribution in [2.24, 2.45) is 0 Å². The van der Waals surface area contributed by atoms with Crippen LogP contribution in [-0.2, 0) is 4.79 Å². The van der Waals surface area contributed by atoms with Crippen LogP contribution in [0.1, 0.15) is 0 Å². The highest BCUT2D eigenvalue weighted by Gasteiger charge is 2.53. The number of rotatable bonds is 5. The molecule has 0 aromatic carbocycles. The molecule has 0 radical (unpaired) electrons. The second-order valence-corrected chi connectivity index (χ2v) is 7.45. The average molecular weight is 245 g/mol. The van der Waals surface area contributed by atoms with E-state index < -0.39 is 7.87 Å². The quantitative estimate of drug-likeness (QED) is 0.540. The van der Waals surface area contributed by atoms with Gasteiger partial charge >= 0.3 is 7.87 Å². The summed E-state index contributed by atoms with van der Waals surface area (Å²) in [7, 11) is 7.30. The zero-order chi connectivity index (χ0) is 12.3. The number of nitrogens with zero attached hydrogens (tertiary/aromatic N) is 6. The lowest BCUT2D eigenvalue weighted by atomic mass is 11.0. The molecule has 90 valence electrons. The van der Waals surface area contributed by atoms with Gasteiger partial charge in [0.1, 0.15) is 0 Å². The third-order valence-corrected chi connectivity index (χ3v) is 6.18. The molecule has 0 saturated carbocycles. The molecular weight excluding hydrogens is 227 g/mol. The van der Waals surface area contributed by atoms with Gasteiger partial charge in [-0.25, -0.2) is 0 Å². The molecule has 7 nitrogen and oxygen atoms in total.